The number of rotatable bonds is 6. The monoisotopic (exact) mass is 379 g/mol. The zero-order chi connectivity index (χ0) is 20.0. The molecule has 0 aromatic heterocycles. The lowest BCUT2D eigenvalue weighted by Crippen LogP contribution is -2.14. The Morgan fingerprint density at radius 1 is 1.11 bits per heavy atom. The van der Waals surface area contributed by atoms with Crippen LogP contribution in [0.1, 0.15) is 25.0 Å². The Morgan fingerprint density at radius 3 is 2.44 bits per heavy atom. The van der Waals surface area contributed by atoms with Gasteiger partial charge in [0.25, 0.3) is 0 Å². The Labute approximate surface area is 155 Å². The van der Waals surface area contributed by atoms with Crippen LogP contribution in [0.5, 0.6) is 11.5 Å². The minimum absolute atomic E-state index is 0.0280. The van der Waals surface area contributed by atoms with Gasteiger partial charge >= 0.3 is 6.18 Å². The van der Waals surface area contributed by atoms with Crippen LogP contribution in [0.25, 0.3) is 6.08 Å². The van der Waals surface area contributed by atoms with Crippen LogP contribution >= 0.6 is 0 Å². The molecule has 4 nitrogen and oxygen atoms in total. The molecule has 1 amide bonds. The highest BCUT2D eigenvalue weighted by atomic mass is 19.4. The molecule has 0 bridgehead atoms. The summed E-state index contributed by atoms with van der Waals surface area (Å²) in [7, 11) is 1.50. The molecule has 0 saturated carbocycles. The van der Waals surface area contributed by atoms with Crippen molar-refractivity contribution in [1.82, 2.24) is 0 Å². The predicted molar refractivity (Wildman–Crippen MR) is 97.9 cm³/mol. The molecule has 0 saturated heterocycles. The molecule has 7 heteroatoms. The maximum absolute atomic E-state index is 13.0. The van der Waals surface area contributed by atoms with Gasteiger partial charge in [0.1, 0.15) is 0 Å². The topological polar surface area (TPSA) is 47.6 Å². The van der Waals surface area contributed by atoms with Gasteiger partial charge in [-0.2, -0.15) is 13.2 Å². The molecule has 0 atom stereocenters. The number of hydrogen-bond acceptors (Lipinski definition) is 3. The third-order valence-corrected chi connectivity index (χ3v) is 3.47. The number of alkyl halides is 3. The van der Waals surface area contributed by atoms with E-state index in [0.29, 0.717) is 17.1 Å². The third-order valence-electron chi connectivity index (χ3n) is 3.47. The zero-order valence-electron chi connectivity index (χ0n) is 15.1. The average Bonchev–Trinajstić information content (AvgIpc) is 2.60. The molecule has 0 fully saturated rings. The summed E-state index contributed by atoms with van der Waals surface area (Å²) in [6, 6.07) is 9.90. The first-order valence-electron chi connectivity index (χ1n) is 8.20. The van der Waals surface area contributed by atoms with Crippen LogP contribution in [-0.4, -0.2) is 19.1 Å². The van der Waals surface area contributed by atoms with Gasteiger partial charge < -0.3 is 14.8 Å². The quantitative estimate of drug-likeness (QED) is 0.706. The second-order valence-electron chi connectivity index (χ2n) is 5.94. The fourth-order valence-corrected chi connectivity index (χ4v) is 2.32. The third kappa shape index (κ3) is 5.77. The molecule has 0 radical (unpaired) electrons. The number of methoxy groups -OCH3 is 1. The molecule has 2 aromatic rings. The van der Waals surface area contributed by atoms with Crippen LogP contribution in [-0.2, 0) is 11.0 Å². The Balaban J connectivity index is 2.14. The average molecular weight is 379 g/mol. The summed E-state index contributed by atoms with van der Waals surface area (Å²) in [4.78, 5) is 12.0. The van der Waals surface area contributed by atoms with Gasteiger partial charge in [0, 0.05) is 6.08 Å². The Bertz CT molecular complexity index is 829. The molecule has 0 heterocycles. The standard InChI is InChI=1S/C20H20F3NO3/c1-13(2)27-17-10-8-14(12-18(17)26-3)9-11-19(25)24-16-7-5-4-6-15(16)20(21,22)23/h4-13H,1-3H3,(H,24,25)/b11-9+. The number of halogens is 3. The number of benzene rings is 2. The number of hydrogen-bond donors (Lipinski definition) is 1. The van der Waals surface area contributed by atoms with E-state index in [9.17, 15) is 18.0 Å². The summed E-state index contributed by atoms with van der Waals surface area (Å²) >= 11 is 0. The van der Waals surface area contributed by atoms with Crippen LogP contribution in [0.4, 0.5) is 18.9 Å². The molecular weight excluding hydrogens is 359 g/mol. The van der Waals surface area contributed by atoms with E-state index in [1.54, 1.807) is 18.2 Å². The largest absolute Gasteiger partial charge is 0.493 e. The van der Waals surface area contributed by atoms with Crippen LogP contribution < -0.4 is 14.8 Å². The molecular formula is C20H20F3NO3. The fourth-order valence-electron chi connectivity index (χ4n) is 2.32. The van der Waals surface area contributed by atoms with E-state index in [1.165, 1.54) is 31.4 Å². The molecule has 2 aromatic carbocycles. The lowest BCUT2D eigenvalue weighted by atomic mass is 10.1. The lowest BCUT2D eigenvalue weighted by molar-refractivity contribution is -0.136. The van der Waals surface area contributed by atoms with Gasteiger partial charge in [-0.15, -0.1) is 0 Å². The van der Waals surface area contributed by atoms with Crippen molar-refractivity contribution in [2.24, 2.45) is 0 Å². The summed E-state index contributed by atoms with van der Waals surface area (Å²) < 4.78 is 49.8. The molecule has 0 aliphatic carbocycles. The van der Waals surface area contributed by atoms with Crippen molar-refractivity contribution < 1.29 is 27.4 Å². The molecule has 1 N–H and O–H groups in total. The van der Waals surface area contributed by atoms with Gasteiger partial charge in [-0.3, -0.25) is 4.79 Å². The van der Waals surface area contributed by atoms with E-state index in [2.05, 4.69) is 5.32 Å². The molecule has 0 spiro atoms. The number of nitrogens with one attached hydrogen (secondary N) is 1. The number of anilines is 1. The molecule has 0 aliphatic heterocycles. The normalized spacial score (nSPS) is 11.7. The first kappa shape index (κ1) is 20.4. The fraction of sp³-hybridized carbons (Fsp3) is 0.250. The summed E-state index contributed by atoms with van der Waals surface area (Å²) in [5.41, 5.74) is -0.552. The minimum Gasteiger partial charge on any atom is -0.493 e. The SMILES string of the molecule is COc1cc(/C=C/C(=O)Nc2ccccc2C(F)(F)F)ccc1OC(C)C. The second kappa shape index (κ2) is 8.62. The smallest absolute Gasteiger partial charge is 0.418 e. The number of amides is 1. The highest BCUT2D eigenvalue weighted by Gasteiger charge is 2.33. The Morgan fingerprint density at radius 2 is 1.81 bits per heavy atom. The highest BCUT2D eigenvalue weighted by molar-refractivity contribution is 6.02. The van der Waals surface area contributed by atoms with Gasteiger partial charge in [-0.05, 0) is 49.8 Å². The van der Waals surface area contributed by atoms with Crippen molar-refractivity contribution in [1.29, 1.82) is 0 Å². The van der Waals surface area contributed by atoms with E-state index in [1.807, 2.05) is 13.8 Å². The van der Waals surface area contributed by atoms with Gasteiger partial charge in [0.15, 0.2) is 11.5 Å². The van der Waals surface area contributed by atoms with Crippen LogP contribution in [0, 0.1) is 0 Å². The molecule has 0 aliphatic rings. The lowest BCUT2D eigenvalue weighted by Gasteiger charge is -2.14. The summed E-state index contributed by atoms with van der Waals surface area (Å²) in [6.07, 6.45) is -1.94. The molecule has 2 rings (SSSR count). The number of ether oxygens (including phenoxy) is 2. The molecule has 0 unspecified atom stereocenters. The van der Waals surface area contributed by atoms with Crippen molar-refractivity contribution in [3.05, 3.63) is 59.7 Å². The van der Waals surface area contributed by atoms with E-state index < -0.39 is 17.6 Å². The van der Waals surface area contributed by atoms with Crippen molar-refractivity contribution in [3.63, 3.8) is 0 Å². The second-order valence-corrected chi connectivity index (χ2v) is 5.94. The maximum atomic E-state index is 13.0. The van der Waals surface area contributed by atoms with Crippen LogP contribution in [0.15, 0.2) is 48.5 Å². The summed E-state index contributed by atoms with van der Waals surface area (Å²) in [5, 5.41) is 2.25. The first-order chi connectivity index (χ1) is 12.7. The van der Waals surface area contributed by atoms with Gasteiger partial charge in [-0.1, -0.05) is 18.2 Å². The predicted octanol–water partition coefficient (Wildman–Crippen LogP) is 5.15. The minimum atomic E-state index is -4.55. The van der Waals surface area contributed by atoms with E-state index in [4.69, 9.17) is 9.47 Å². The van der Waals surface area contributed by atoms with Crippen molar-refractivity contribution in [2.45, 2.75) is 26.1 Å². The van der Waals surface area contributed by atoms with E-state index in [0.717, 1.165) is 12.1 Å². The van der Waals surface area contributed by atoms with E-state index >= 15 is 0 Å². The molecule has 27 heavy (non-hydrogen) atoms. The maximum Gasteiger partial charge on any atom is 0.418 e. The van der Waals surface area contributed by atoms with Gasteiger partial charge in [-0.25, -0.2) is 0 Å². The van der Waals surface area contributed by atoms with Crippen molar-refractivity contribution in [2.75, 3.05) is 12.4 Å². The van der Waals surface area contributed by atoms with Crippen molar-refractivity contribution >= 4 is 17.7 Å². The highest BCUT2D eigenvalue weighted by Crippen LogP contribution is 2.34. The van der Waals surface area contributed by atoms with Gasteiger partial charge in [0.05, 0.1) is 24.5 Å². The van der Waals surface area contributed by atoms with E-state index in [-0.39, 0.29) is 11.8 Å². The van der Waals surface area contributed by atoms with Crippen molar-refractivity contribution in [3.8, 4) is 11.5 Å². The summed E-state index contributed by atoms with van der Waals surface area (Å²) in [5.74, 6) is 0.384. The van der Waals surface area contributed by atoms with Crippen LogP contribution in [0.2, 0.25) is 0 Å². The summed E-state index contributed by atoms with van der Waals surface area (Å²) in [6.45, 7) is 3.77. The Hall–Kier alpha value is -2.96. The molecule has 144 valence electrons. The van der Waals surface area contributed by atoms with Crippen LogP contribution in [0.3, 0.4) is 0 Å². The number of para-hydroxylation sites is 1. The Kier molecular flexibility index (Phi) is 6.50. The number of carbonyl (C=O) groups excluding carboxylic acids is 1. The number of carbonyl (C=O) groups is 1. The van der Waals surface area contributed by atoms with Gasteiger partial charge in [0.2, 0.25) is 5.91 Å². The first-order valence-corrected chi connectivity index (χ1v) is 8.20. The zero-order valence-corrected chi connectivity index (χ0v) is 15.1.